The fraction of sp³-hybridized carbons (Fsp3) is 0.190. The predicted molar refractivity (Wildman–Crippen MR) is 113 cm³/mol. The van der Waals surface area contributed by atoms with Crippen LogP contribution in [-0.2, 0) is 19.6 Å². The number of sulfonamides is 1. The van der Waals surface area contributed by atoms with Gasteiger partial charge in [-0.2, -0.15) is 0 Å². The van der Waals surface area contributed by atoms with E-state index in [9.17, 15) is 22.8 Å². The number of benzene rings is 2. The Morgan fingerprint density at radius 1 is 1.26 bits per heavy atom. The average molecular weight is 443 g/mol. The standard InChI is InChI=1S/C21H21N3O6S/c1-3-11-23(20(26)14-5-4-6-16(12-14)30-2)18-13-19(25)24(21(18)27)15-7-9-17(10-8-15)31(22,28)29/h3-10,12,18H,1,11,13H2,2H3,(H2,22,28,29). The maximum absolute atomic E-state index is 13.1. The van der Waals surface area contributed by atoms with Crippen LogP contribution in [0.25, 0.3) is 0 Å². The lowest BCUT2D eigenvalue weighted by atomic mass is 10.1. The molecule has 2 N–H and O–H groups in total. The van der Waals surface area contributed by atoms with Crippen molar-refractivity contribution in [1.29, 1.82) is 0 Å². The van der Waals surface area contributed by atoms with E-state index >= 15 is 0 Å². The van der Waals surface area contributed by atoms with Gasteiger partial charge in [-0.25, -0.2) is 18.5 Å². The number of nitrogens with zero attached hydrogens (tertiary/aromatic N) is 2. The van der Waals surface area contributed by atoms with E-state index in [1.807, 2.05) is 0 Å². The third-order valence-corrected chi connectivity index (χ3v) is 5.76. The molecule has 162 valence electrons. The van der Waals surface area contributed by atoms with Gasteiger partial charge in [-0.15, -0.1) is 6.58 Å². The van der Waals surface area contributed by atoms with Gasteiger partial charge in [-0.05, 0) is 42.5 Å². The van der Waals surface area contributed by atoms with E-state index in [0.29, 0.717) is 11.3 Å². The van der Waals surface area contributed by atoms with Crippen molar-refractivity contribution in [3.63, 3.8) is 0 Å². The topological polar surface area (TPSA) is 127 Å². The summed E-state index contributed by atoms with van der Waals surface area (Å²) in [6, 6.07) is 10.5. The Kier molecular flexibility index (Phi) is 6.23. The highest BCUT2D eigenvalue weighted by molar-refractivity contribution is 7.89. The summed E-state index contributed by atoms with van der Waals surface area (Å²) in [6.07, 6.45) is 1.26. The first-order chi connectivity index (χ1) is 14.7. The van der Waals surface area contributed by atoms with Gasteiger partial charge in [-0.3, -0.25) is 14.4 Å². The minimum atomic E-state index is -3.91. The first-order valence-corrected chi connectivity index (χ1v) is 10.8. The largest absolute Gasteiger partial charge is 0.497 e. The number of amides is 3. The highest BCUT2D eigenvalue weighted by atomic mass is 32.2. The molecule has 10 heteroatoms. The van der Waals surface area contributed by atoms with E-state index in [1.165, 1.54) is 42.4 Å². The Bertz CT molecular complexity index is 1140. The molecule has 0 bridgehead atoms. The first-order valence-electron chi connectivity index (χ1n) is 9.23. The Morgan fingerprint density at radius 3 is 2.52 bits per heavy atom. The van der Waals surface area contributed by atoms with Crippen molar-refractivity contribution in [3.05, 3.63) is 66.7 Å². The second-order valence-corrected chi connectivity index (χ2v) is 8.37. The summed E-state index contributed by atoms with van der Waals surface area (Å²) in [5.74, 6) is -1.07. The van der Waals surface area contributed by atoms with E-state index in [-0.39, 0.29) is 23.5 Å². The van der Waals surface area contributed by atoms with Crippen LogP contribution < -0.4 is 14.8 Å². The molecule has 2 aromatic rings. The molecular formula is C21H21N3O6S. The lowest BCUT2D eigenvalue weighted by molar-refractivity contribution is -0.122. The summed E-state index contributed by atoms with van der Waals surface area (Å²) < 4.78 is 28.0. The van der Waals surface area contributed by atoms with Gasteiger partial charge in [0.25, 0.3) is 11.8 Å². The number of primary sulfonamides is 1. The summed E-state index contributed by atoms with van der Waals surface area (Å²) in [6.45, 7) is 3.69. The number of imide groups is 1. The molecule has 1 atom stereocenters. The molecule has 3 rings (SSSR count). The lowest BCUT2D eigenvalue weighted by Gasteiger charge is -2.26. The third kappa shape index (κ3) is 4.49. The van der Waals surface area contributed by atoms with Crippen LogP contribution in [0.15, 0.2) is 66.1 Å². The van der Waals surface area contributed by atoms with Crippen LogP contribution in [0, 0.1) is 0 Å². The van der Waals surface area contributed by atoms with Gasteiger partial charge in [0.15, 0.2) is 0 Å². The quantitative estimate of drug-likeness (QED) is 0.508. The van der Waals surface area contributed by atoms with E-state index in [2.05, 4.69) is 6.58 Å². The summed E-state index contributed by atoms with van der Waals surface area (Å²) in [5.41, 5.74) is 0.495. The molecule has 0 spiro atoms. The Hall–Kier alpha value is -3.50. The molecule has 0 aromatic heterocycles. The summed E-state index contributed by atoms with van der Waals surface area (Å²) >= 11 is 0. The number of nitrogens with two attached hydrogens (primary N) is 1. The molecule has 1 fully saturated rings. The van der Waals surface area contributed by atoms with Crippen LogP contribution in [-0.4, -0.2) is 50.7 Å². The van der Waals surface area contributed by atoms with Crippen molar-refractivity contribution in [1.82, 2.24) is 4.90 Å². The monoisotopic (exact) mass is 443 g/mol. The van der Waals surface area contributed by atoms with E-state index < -0.39 is 33.8 Å². The van der Waals surface area contributed by atoms with Crippen LogP contribution in [0.3, 0.4) is 0 Å². The van der Waals surface area contributed by atoms with E-state index in [0.717, 1.165) is 4.90 Å². The van der Waals surface area contributed by atoms with Crippen molar-refractivity contribution in [2.45, 2.75) is 17.4 Å². The normalized spacial score (nSPS) is 16.3. The molecule has 3 amide bonds. The van der Waals surface area contributed by atoms with Gasteiger partial charge in [0.1, 0.15) is 11.8 Å². The van der Waals surface area contributed by atoms with Crippen LogP contribution in [0.5, 0.6) is 5.75 Å². The number of anilines is 1. The highest BCUT2D eigenvalue weighted by Gasteiger charge is 2.44. The van der Waals surface area contributed by atoms with Crippen LogP contribution in [0.1, 0.15) is 16.8 Å². The van der Waals surface area contributed by atoms with Crippen molar-refractivity contribution in [3.8, 4) is 5.75 Å². The van der Waals surface area contributed by atoms with Crippen molar-refractivity contribution in [2.75, 3.05) is 18.6 Å². The summed E-state index contributed by atoms with van der Waals surface area (Å²) in [5, 5.41) is 5.08. The fourth-order valence-electron chi connectivity index (χ4n) is 3.33. The predicted octanol–water partition coefficient (Wildman–Crippen LogP) is 1.30. The highest BCUT2D eigenvalue weighted by Crippen LogP contribution is 2.28. The number of rotatable bonds is 7. The molecule has 31 heavy (non-hydrogen) atoms. The number of carbonyl (C=O) groups is 3. The number of carbonyl (C=O) groups excluding carboxylic acids is 3. The van der Waals surface area contributed by atoms with Gasteiger partial charge in [0.2, 0.25) is 15.9 Å². The molecular weight excluding hydrogens is 422 g/mol. The SMILES string of the molecule is C=CCN(C(=O)c1cccc(OC)c1)C1CC(=O)N(c2ccc(S(N)(=O)=O)cc2)C1=O. The second kappa shape index (κ2) is 8.70. The number of ether oxygens (including phenoxy) is 1. The van der Waals surface area contributed by atoms with Crippen molar-refractivity contribution < 1.29 is 27.5 Å². The molecule has 1 unspecified atom stereocenters. The average Bonchev–Trinajstić information content (AvgIpc) is 3.04. The zero-order valence-corrected chi connectivity index (χ0v) is 17.5. The maximum Gasteiger partial charge on any atom is 0.257 e. The summed E-state index contributed by atoms with van der Waals surface area (Å²) in [4.78, 5) is 40.9. The van der Waals surface area contributed by atoms with Gasteiger partial charge in [0.05, 0.1) is 24.1 Å². The molecule has 9 nitrogen and oxygen atoms in total. The van der Waals surface area contributed by atoms with Gasteiger partial charge in [0, 0.05) is 12.1 Å². The smallest absolute Gasteiger partial charge is 0.257 e. The van der Waals surface area contributed by atoms with Gasteiger partial charge >= 0.3 is 0 Å². The summed E-state index contributed by atoms with van der Waals surface area (Å²) in [7, 11) is -2.44. The van der Waals surface area contributed by atoms with Gasteiger partial charge in [-0.1, -0.05) is 12.1 Å². The Labute approximate surface area is 179 Å². The van der Waals surface area contributed by atoms with Crippen LogP contribution in [0.4, 0.5) is 5.69 Å². The zero-order valence-electron chi connectivity index (χ0n) is 16.7. The molecule has 2 aromatic carbocycles. The minimum absolute atomic E-state index is 0.0535. The molecule has 0 radical (unpaired) electrons. The van der Waals surface area contributed by atoms with Gasteiger partial charge < -0.3 is 9.64 Å². The second-order valence-electron chi connectivity index (χ2n) is 6.80. The minimum Gasteiger partial charge on any atom is -0.497 e. The van der Waals surface area contributed by atoms with Crippen molar-refractivity contribution in [2.24, 2.45) is 5.14 Å². The van der Waals surface area contributed by atoms with Crippen LogP contribution >= 0.6 is 0 Å². The third-order valence-electron chi connectivity index (χ3n) is 4.83. The Morgan fingerprint density at radius 2 is 1.94 bits per heavy atom. The van der Waals surface area contributed by atoms with E-state index in [1.54, 1.807) is 24.3 Å². The number of hydrogen-bond donors (Lipinski definition) is 1. The number of methoxy groups -OCH3 is 1. The fourth-order valence-corrected chi connectivity index (χ4v) is 3.84. The molecule has 1 aliphatic rings. The maximum atomic E-state index is 13.1. The molecule has 0 aliphatic carbocycles. The van der Waals surface area contributed by atoms with E-state index in [4.69, 9.17) is 9.88 Å². The Balaban J connectivity index is 1.90. The first kappa shape index (κ1) is 22.2. The van der Waals surface area contributed by atoms with Crippen LogP contribution in [0.2, 0.25) is 0 Å². The molecule has 1 heterocycles. The van der Waals surface area contributed by atoms with Crippen molar-refractivity contribution >= 4 is 33.4 Å². The lowest BCUT2D eigenvalue weighted by Crippen LogP contribution is -2.45. The zero-order chi connectivity index (χ0) is 22.8. The molecule has 0 saturated carbocycles. The molecule has 1 aliphatic heterocycles. The molecule has 1 saturated heterocycles. The number of hydrogen-bond acceptors (Lipinski definition) is 6.